The van der Waals surface area contributed by atoms with Gasteiger partial charge >= 0.3 is 6.36 Å². The van der Waals surface area contributed by atoms with Crippen molar-refractivity contribution in [3.05, 3.63) is 101 Å². The minimum absolute atomic E-state index is 0.00213. The Balaban J connectivity index is 0.798. The molecule has 2 aliphatic rings. The van der Waals surface area contributed by atoms with E-state index >= 15 is 4.39 Å². The van der Waals surface area contributed by atoms with Crippen LogP contribution in [0.3, 0.4) is 0 Å². The number of amides is 6. The van der Waals surface area contributed by atoms with Gasteiger partial charge in [0.2, 0.25) is 35.4 Å². The first-order valence-electron chi connectivity index (χ1n) is 25.2. The Morgan fingerprint density at radius 1 is 0.936 bits per heavy atom. The number of aliphatic hydroxyl groups is 1. The molecule has 2 fully saturated rings. The van der Waals surface area contributed by atoms with Crippen molar-refractivity contribution in [1.29, 1.82) is 0 Å². The lowest BCUT2D eigenvalue weighted by Crippen LogP contribution is -2.58. The average Bonchev–Trinajstić information content (AvgIpc) is 4.21. The number of piperidine rings is 1. The summed E-state index contributed by atoms with van der Waals surface area (Å²) in [5.41, 5.74) is 10.6. The Morgan fingerprint density at radius 2 is 1.67 bits per heavy atom. The lowest BCUT2D eigenvalue weighted by molar-refractivity contribution is -0.274. The van der Waals surface area contributed by atoms with Gasteiger partial charge in [-0.3, -0.25) is 28.8 Å². The number of likely N-dealkylation sites (tertiary alicyclic amines) is 2. The summed E-state index contributed by atoms with van der Waals surface area (Å²) in [5, 5.41) is 18.9. The SMILES string of the molecule is Cc1ncsc1-c1ccc(CNC(=O)[C@@H]2C[C@@H](O)CN2C(=O)C(NC(=O)COCCNC(=O)CCCn2cnc(-c3cnc(O[C@@H]4CCN(C(=O)Cc5ccc(OC(F)(F)F)cc5)C[C@H]4F)c(C(N)=O)c3)c2)C(C)(C)C)cc1. The summed E-state index contributed by atoms with van der Waals surface area (Å²) in [4.78, 5) is 95.1. The number of carbonyl (C=O) groups excluding carboxylic acids is 6. The number of aryl methyl sites for hydroxylation is 2. The van der Waals surface area contributed by atoms with Crippen LogP contribution in [-0.2, 0) is 48.2 Å². The van der Waals surface area contributed by atoms with Gasteiger partial charge in [-0.1, -0.05) is 57.2 Å². The van der Waals surface area contributed by atoms with Crippen LogP contribution < -0.4 is 31.2 Å². The number of benzene rings is 2. The van der Waals surface area contributed by atoms with Crippen LogP contribution in [0.25, 0.3) is 21.7 Å². The number of imidazole rings is 1. The number of hydrogen-bond acceptors (Lipinski definition) is 14. The number of β-amino-alcohol motifs (C(OH)–C–C–N with tert-alkyl or cyclic N) is 1. The molecule has 5 heterocycles. The number of ether oxygens (including phenoxy) is 3. The van der Waals surface area contributed by atoms with Crippen LogP contribution >= 0.6 is 11.3 Å². The molecule has 78 heavy (non-hydrogen) atoms. The minimum atomic E-state index is -4.86. The maximum absolute atomic E-state index is 15.4. The number of nitrogens with one attached hydrogen (secondary N) is 3. The molecule has 418 valence electrons. The Bertz CT molecular complexity index is 2910. The summed E-state index contributed by atoms with van der Waals surface area (Å²) in [7, 11) is 0. The molecule has 5 atom stereocenters. The van der Waals surface area contributed by atoms with E-state index in [0.717, 1.165) is 33.8 Å². The van der Waals surface area contributed by atoms with Crippen molar-refractivity contribution < 1.29 is 65.6 Å². The number of halogens is 4. The van der Waals surface area contributed by atoms with Gasteiger partial charge in [0.25, 0.3) is 5.91 Å². The third kappa shape index (κ3) is 16.0. The molecule has 0 bridgehead atoms. The second kappa shape index (κ2) is 25.8. The van der Waals surface area contributed by atoms with Gasteiger partial charge in [0.05, 0.1) is 53.8 Å². The number of thiazole rings is 1. The number of nitrogens with zero attached hydrogens (tertiary/aromatic N) is 6. The van der Waals surface area contributed by atoms with E-state index in [-0.39, 0.29) is 82.4 Å². The number of primary amides is 1. The maximum Gasteiger partial charge on any atom is 0.573 e. The molecule has 25 heteroatoms. The lowest BCUT2D eigenvalue weighted by atomic mass is 9.85. The number of carbonyl (C=O) groups is 6. The van der Waals surface area contributed by atoms with Crippen LogP contribution in [0.15, 0.2) is 78.8 Å². The molecule has 5 aromatic rings. The van der Waals surface area contributed by atoms with Crippen LogP contribution in [0.4, 0.5) is 17.6 Å². The summed E-state index contributed by atoms with van der Waals surface area (Å²) in [6, 6.07) is 12.0. The van der Waals surface area contributed by atoms with Gasteiger partial charge in [0.1, 0.15) is 36.1 Å². The van der Waals surface area contributed by atoms with Crippen molar-refractivity contribution >= 4 is 46.8 Å². The Kier molecular flexibility index (Phi) is 19.2. The van der Waals surface area contributed by atoms with E-state index in [4.69, 9.17) is 15.2 Å². The third-order valence-electron chi connectivity index (χ3n) is 13.0. The first-order valence-corrected chi connectivity index (χ1v) is 26.0. The number of rotatable bonds is 22. The van der Waals surface area contributed by atoms with E-state index in [1.807, 2.05) is 31.2 Å². The summed E-state index contributed by atoms with van der Waals surface area (Å²) >= 11 is 1.55. The second-order valence-corrected chi connectivity index (χ2v) is 20.9. The molecule has 0 saturated carbocycles. The zero-order chi connectivity index (χ0) is 56.3. The molecule has 3 aromatic heterocycles. The highest BCUT2D eigenvalue weighted by atomic mass is 32.1. The van der Waals surface area contributed by atoms with Crippen molar-refractivity contribution in [2.75, 3.05) is 39.4 Å². The van der Waals surface area contributed by atoms with Crippen LogP contribution in [-0.4, -0.2) is 146 Å². The van der Waals surface area contributed by atoms with Crippen molar-refractivity contribution in [1.82, 2.24) is 45.3 Å². The first kappa shape index (κ1) is 58.2. The molecular weight excluding hydrogens is 1040 g/mol. The van der Waals surface area contributed by atoms with Gasteiger partial charge < -0.3 is 55.4 Å². The third-order valence-corrected chi connectivity index (χ3v) is 14.0. The predicted octanol–water partition coefficient (Wildman–Crippen LogP) is 4.66. The van der Waals surface area contributed by atoms with E-state index in [0.29, 0.717) is 29.8 Å². The number of alkyl halides is 4. The molecule has 2 aromatic carbocycles. The highest BCUT2D eigenvalue weighted by Crippen LogP contribution is 2.31. The Morgan fingerprint density at radius 3 is 2.33 bits per heavy atom. The average molecular weight is 1110 g/mol. The molecule has 2 saturated heterocycles. The first-order chi connectivity index (χ1) is 37.0. The van der Waals surface area contributed by atoms with Gasteiger partial charge in [-0.15, -0.1) is 24.5 Å². The smallest absolute Gasteiger partial charge is 0.471 e. The molecular formula is C53H62F4N10O10S. The highest BCUT2D eigenvalue weighted by Gasteiger charge is 2.44. The second-order valence-electron chi connectivity index (χ2n) is 20.1. The zero-order valence-electron chi connectivity index (χ0n) is 43.4. The quantitative estimate of drug-likeness (QED) is 0.0467. The number of aliphatic hydroxyl groups excluding tert-OH is 1. The summed E-state index contributed by atoms with van der Waals surface area (Å²) in [6.45, 7) is 7.30. The molecule has 2 aliphatic heterocycles. The van der Waals surface area contributed by atoms with Gasteiger partial charge in [-0.05, 0) is 53.6 Å². The minimum Gasteiger partial charge on any atom is -0.471 e. The fourth-order valence-electron chi connectivity index (χ4n) is 8.90. The highest BCUT2D eigenvalue weighted by molar-refractivity contribution is 7.13. The normalized spacial score (nSPS) is 18.0. The number of aromatic nitrogens is 4. The van der Waals surface area contributed by atoms with E-state index in [2.05, 4.69) is 35.6 Å². The topological polar surface area (TPSA) is 263 Å². The standard InChI is InChI=1S/C53H62F4N10O10S/c1-31-46(78-30-63-31)34-11-7-33(8-12-34)23-60-49(73)41-22-36(68)25-67(41)51(74)47(52(2,3)4)64-44(70)28-75-19-16-59-43(69)6-5-17-65-27-40(62-29-65)35-21-38(48(58)72)50(61-24-35)76-42-15-18-66(26-39(42)54)45(71)20-32-9-13-37(14-10-32)77-53(55,56)57/h7-14,21,24,27,29-30,36,39,41-42,47,68H,5-6,15-20,22-23,25-26,28H2,1-4H3,(H2,58,72)(H,59,69)(H,60,73)(H,64,70)/t36-,39-,41+,42-,47?/m1/s1. The van der Waals surface area contributed by atoms with Crippen molar-refractivity contribution in [3.8, 4) is 33.3 Å². The van der Waals surface area contributed by atoms with Crippen LogP contribution in [0.5, 0.6) is 11.6 Å². The van der Waals surface area contributed by atoms with E-state index in [9.17, 15) is 47.0 Å². The number of pyridine rings is 1. The Labute approximate surface area is 451 Å². The fraction of sp³-hybridized carbons (Fsp3) is 0.453. The molecule has 6 amide bonds. The monoisotopic (exact) mass is 1110 g/mol. The molecule has 7 rings (SSSR count). The molecule has 1 unspecified atom stereocenters. The van der Waals surface area contributed by atoms with Crippen LogP contribution in [0.2, 0.25) is 0 Å². The number of hydrogen-bond donors (Lipinski definition) is 5. The maximum atomic E-state index is 15.4. The molecule has 0 spiro atoms. The predicted molar refractivity (Wildman–Crippen MR) is 276 cm³/mol. The van der Waals surface area contributed by atoms with E-state index < -0.39 is 84.1 Å². The zero-order valence-corrected chi connectivity index (χ0v) is 44.2. The lowest BCUT2D eigenvalue weighted by Gasteiger charge is -2.35. The van der Waals surface area contributed by atoms with Gasteiger partial charge in [0.15, 0.2) is 6.17 Å². The molecule has 6 N–H and O–H groups in total. The molecule has 20 nitrogen and oxygen atoms in total. The Hall–Kier alpha value is -7.51. The summed E-state index contributed by atoms with van der Waals surface area (Å²) in [5.74, 6) is -3.73. The van der Waals surface area contributed by atoms with Crippen molar-refractivity contribution in [2.24, 2.45) is 11.1 Å². The van der Waals surface area contributed by atoms with Crippen molar-refractivity contribution in [2.45, 2.75) is 110 Å². The van der Waals surface area contributed by atoms with Gasteiger partial charge in [-0.25, -0.2) is 19.3 Å². The van der Waals surface area contributed by atoms with Crippen LogP contribution in [0, 0.1) is 12.3 Å². The molecule has 0 radical (unpaired) electrons. The van der Waals surface area contributed by atoms with E-state index in [1.54, 1.807) is 48.4 Å². The van der Waals surface area contributed by atoms with Crippen LogP contribution in [0.1, 0.15) is 73.6 Å². The molecule has 0 aliphatic carbocycles. The fourth-order valence-corrected chi connectivity index (χ4v) is 9.71. The van der Waals surface area contributed by atoms with Crippen molar-refractivity contribution in [3.63, 3.8) is 0 Å². The number of nitrogens with two attached hydrogens (primary N) is 1. The van der Waals surface area contributed by atoms with Gasteiger partial charge in [0, 0.05) is 69.9 Å². The summed E-state index contributed by atoms with van der Waals surface area (Å²) in [6.07, 6.45) is -3.41. The summed E-state index contributed by atoms with van der Waals surface area (Å²) < 4.78 is 69.8. The van der Waals surface area contributed by atoms with E-state index in [1.165, 1.54) is 40.5 Å². The van der Waals surface area contributed by atoms with Gasteiger partial charge in [-0.2, -0.15) is 0 Å². The largest absolute Gasteiger partial charge is 0.573 e.